The molecule has 0 bridgehead atoms. The van der Waals surface area contributed by atoms with E-state index in [2.05, 4.69) is 5.32 Å². The van der Waals surface area contributed by atoms with Gasteiger partial charge in [-0.2, -0.15) is 0 Å². The molecule has 3 N–H and O–H groups in total. The van der Waals surface area contributed by atoms with E-state index in [1.165, 1.54) is 4.90 Å². The highest BCUT2D eigenvalue weighted by atomic mass is 16.2. The number of nitrogens with zero attached hydrogens (tertiary/aromatic N) is 1. The van der Waals surface area contributed by atoms with Crippen LogP contribution in [0, 0.1) is 0 Å². The van der Waals surface area contributed by atoms with Crippen molar-refractivity contribution in [2.45, 2.75) is 13.8 Å². The maximum Gasteiger partial charge on any atom is 0.317 e. The van der Waals surface area contributed by atoms with Crippen LogP contribution in [0.3, 0.4) is 0 Å². The summed E-state index contributed by atoms with van der Waals surface area (Å²) in [5.41, 5.74) is 4.94. The second-order valence-electron chi connectivity index (χ2n) is 2.32. The van der Waals surface area contributed by atoms with E-state index in [9.17, 15) is 9.59 Å². The van der Waals surface area contributed by atoms with Crippen molar-refractivity contribution in [3.63, 3.8) is 0 Å². The number of nitrogens with two attached hydrogens (primary N) is 1. The van der Waals surface area contributed by atoms with Crippen molar-refractivity contribution >= 4 is 11.9 Å². The molecule has 0 aliphatic rings. The molecule has 0 aliphatic heterocycles. The molecule has 0 aliphatic carbocycles. The quantitative estimate of drug-likeness (QED) is 0.602. The number of hydrogen-bond acceptors (Lipinski definition) is 2. The number of amides is 3. The van der Waals surface area contributed by atoms with Gasteiger partial charge in [0.2, 0.25) is 5.91 Å². The van der Waals surface area contributed by atoms with Crippen LogP contribution in [0.5, 0.6) is 0 Å². The Kier molecular flexibility index (Phi) is 4.83. The van der Waals surface area contributed by atoms with Gasteiger partial charge in [0.15, 0.2) is 0 Å². The predicted octanol–water partition coefficient (Wildman–Crippen LogP) is -0.477. The summed E-state index contributed by atoms with van der Waals surface area (Å²) in [5, 5.41) is 2.58. The fraction of sp³-hybridized carbons (Fsp3) is 0.714. The van der Waals surface area contributed by atoms with E-state index in [0.29, 0.717) is 13.1 Å². The zero-order valence-corrected chi connectivity index (χ0v) is 7.46. The third-order valence-electron chi connectivity index (χ3n) is 1.34. The molecule has 3 amide bonds. The second kappa shape index (κ2) is 5.40. The highest BCUT2D eigenvalue weighted by Gasteiger charge is 2.11. The molecule has 0 aromatic rings. The average Bonchev–Trinajstić information content (AvgIpc) is 2.00. The van der Waals surface area contributed by atoms with E-state index in [4.69, 9.17) is 5.73 Å². The van der Waals surface area contributed by atoms with Crippen LogP contribution >= 0.6 is 0 Å². The molecular formula is C7H15N3O2. The van der Waals surface area contributed by atoms with Crippen molar-refractivity contribution in [3.8, 4) is 0 Å². The van der Waals surface area contributed by atoms with E-state index in [0.717, 1.165) is 0 Å². The van der Waals surface area contributed by atoms with E-state index < -0.39 is 5.91 Å². The summed E-state index contributed by atoms with van der Waals surface area (Å²) in [4.78, 5) is 22.9. The van der Waals surface area contributed by atoms with Gasteiger partial charge >= 0.3 is 6.03 Å². The number of primary amides is 1. The van der Waals surface area contributed by atoms with Gasteiger partial charge in [0, 0.05) is 13.1 Å². The smallest absolute Gasteiger partial charge is 0.317 e. The number of carbonyl (C=O) groups is 2. The standard InChI is InChI=1S/C7H15N3O2/c1-3-9-7(12)10(4-2)5-6(8)11/h3-5H2,1-2H3,(H2,8,11)(H,9,12). The highest BCUT2D eigenvalue weighted by molar-refractivity contribution is 5.82. The first-order chi connectivity index (χ1) is 5.61. The Labute approximate surface area is 71.9 Å². The molecule has 0 atom stereocenters. The fourth-order valence-electron chi connectivity index (χ4n) is 0.778. The number of nitrogens with one attached hydrogen (secondary N) is 1. The van der Waals surface area contributed by atoms with Gasteiger partial charge < -0.3 is 16.0 Å². The van der Waals surface area contributed by atoms with Crippen molar-refractivity contribution in [1.29, 1.82) is 0 Å². The molecular weight excluding hydrogens is 158 g/mol. The molecule has 0 rings (SSSR count). The molecule has 70 valence electrons. The van der Waals surface area contributed by atoms with Crippen LogP contribution in [-0.4, -0.2) is 36.5 Å². The highest BCUT2D eigenvalue weighted by Crippen LogP contribution is 1.87. The number of carbonyl (C=O) groups excluding carboxylic acids is 2. The topological polar surface area (TPSA) is 75.4 Å². The maximum absolute atomic E-state index is 11.1. The molecule has 0 saturated carbocycles. The summed E-state index contributed by atoms with van der Waals surface area (Å²) in [5.74, 6) is -0.497. The number of urea groups is 1. The first kappa shape index (κ1) is 10.7. The van der Waals surface area contributed by atoms with Gasteiger partial charge in [-0.05, 0) is 13.8 Å². The van der Waals surface area contributed by atoms with Crippen LogP contribution in [-0.2, 0) is 4.79 Å². The minimum atomic E-state index is -0.497. The number of hydrogen-bond donors (Lipinski definition) is 2. The Morgan fingerprint density at radius 2 is 2.00 bits per heavy atom. The molecule has 0 aromatic carbocycles. The molecule has 12 heavy (non-hydrogen) atoms. The molecule has 5 nitrogen and oxygen atoms in total. The third-order valence-corrected chi connectivity index (χ3v) is 1.34. The zero-order valence-electron chi connectivity index (χ0n) is 7.46. The van der Waals surface area contributed by atoms with Crippen molar-refractivity contribution < 1.29 is 9.59 Å². The van der Waals surface area contributed by atoms with Gasteiger partial charge in [-0.25, -0.2) is 4.79 Å². The summed E-state index contributed by atoms with van der Waals surface area (Å²) < 4.78 is 0. The monoisotopic (exact) mass is 173 g/mol. The van der Waals surface area contributed by atoms with Crippen LogP contribution in [0.4, 0.5) is 4.79 Å². The zero-order chi connectivity index (χ0) is 9.56. The van der Waals surface area contributed by atoms with Crippen molar-refractivity contribution in [1.82, 2.24) is 10.2 Å². The summed E-state index contributed by atoms with van der Waals surface area (Å²) in [6.45, 7) is 4.61. The van der Waals surface area contributed by atoms with E-state index in [1.807, 2.05) is 6.92 Å². The lowest BCUT2D eigenvalue weighted by Gasteiger charge is -2.18. The molecule has 0 aromatic heterocycles. The van der Waals surface area contributed by atoms with Crippen molar-refractivity contribution in [2.24, 2.45) is 5.73 Å². The van der Waals surface area contributed by atoms with Gasteiger partial charge in [0.05, 0.1) is 0 Å². The number of likely N-dealkylation sites (N-methyl/N-ethyl adjacent to an activating group) is 1. The van der Waals surface area contributed by atoms with Crippen LogP contribution in [0.15, 0.2) is 0 Å². The Bertz CT molecular complexity index is 170. The number of rotatable bonds is 4. The molecule has 0 spiro atoms. The van der Waals surface area contributed by atoms with Crippen molar-refractivity contribution in [3.05, 3.63) is 0 Å². The Morgan fingerprint density at radius 3 is 2.33 bits per heavy atom. The van der Waals surface area contributed by atoms with E-state index in [1.54, 1.807) is 6.92 Å². The first-order valence-electron chi connectivity index (χ1n) is 3.92. The van der Waals surface area contributed by atoms with Crippen LogP contribution in [0.25, 0.3) is 0 Å². The SMILES string of the molecule is CCNC(=O)N(CC)CC(N)=O. The largest absolute Gasteiger partial charge is 0.368 e. The van der Waals surface area contributed by atoms with Gasteiger partial charge in [-0.15, -0.1) is 0 Å². The summed E-state index contributed by atoms with van der Waals surface area (Å²) >= 11 is 0. The third kappa shape index (κ3) is 3.80. The molecule has 5 heteroatoms. The van der Waals surface area contributed by atoms with Gasteiger partial charge in [-0.1, -0.05) is 0 Å². The summed E-state index contributed by atoms with van der Waals surface area (Å²) in [7, 11) is 0. The predicted molar refractivity (Wildman–Crippen MR) is 45.5 cm³/mol. The molecule has 0 saturated heterocycles. The van der Waals surface area contributed by atoms with Crippen LogP contribution in [0.1, 0.15) is 13.8 Å². The summed E-state index contributed by atoms with van der Waals surface area (Å²) in [6, 6.07) is -0.251. The Balaban J connectivity index is 3.96. The van der Waals surface area contributed by atoms with E-state index >= 15 is 0 Å². The van der Waals surface area contributed by atoms with Gasteiger partial charge in [-0.3, -0.25) is 4.79 Å². The van der Waals surface area contributed by atoms with E-state index in [-0.39, 0.29) is 12.6 Å². The maximum atomic E-state index is 11.1. The average molecular weight is 173 g/mol. The Hall–Kier alpha value is -1.26. The molecule has 0 fully saturated rings. The van der Waals surface area contributed by atoms with Crippen LogP contribution in [0.2, 0.25) is 0 Å². The molecule has 0 radical (unpaired) electrons. The molecule has 0 unspecified atom stereocenters. The second-order valence-corrected chi connectivity index (χ2v) is 2.32. The lowest BCUT2D eigenvalue weighted by Crippen LogP contribution is -2.44. The Morgan fingerprint density at radius 1 is 1.42 bits per heavy atom. The van der Waals surface area contributed by atoms with Gasteiger partial charge in [0.25, 0.3) is 0 Å². The minimum absolute atomic E-state index is 0.0255. The molecule has 0 heterocycles. The summed E-state index contributed by atoms with van der Waals surface area (Å²) in [6.07, 6.45) is 0. The van der Waals surface area contributed by atoms with Crippen LogP contribution < -0.4 is 11.1 Å². The minimum Gasteiger partial charge on any atom is -0.368 e. The normalized spacial score (nSPS) is 9.17. The first-order valence-corrected chi connectivity index (χ1v) is 3.92. The lowest BCUT2D eigenvalue weighted by molar-refractivity contribution is -0.118. The van der Waals surface area contributed by atoms with Gasteiger partial charge in [0.1, 0.15) is 6.54 Å². The van der Waals surface area contributed by atoms with Crippen molar-refractivity contribution in [2.75, 3.05) is 19.6 Å². The lowest BCUT2D eigenvalue weighted by atomic mass is 10.5. The fourth-order valence-corrected chi connectivity index (χ4v) is 0.778.